The fourth-order valence-corrected chi connectivity index (χ4v) is 2.36. The summed E-state index contributed by atoms with van der Waals surface area (Å²) in [5.41, 5.74) is 7.50. The Bertz CT molecular complexity index is 658. The smallest absolute Gasteiger partial charge is 0.167 e. The highest BCUT2D eigenvalue weighted by Crippen LogP contribution is 2.25. The van der Waals surface area contributed by atoms with E-state index in [1.807, 2.05) is 18.2 Å². The predicted octanol–water partition coefficient (Wildman–Crippen LogP) is 4.12. The van der Waals surface area contributed by atoms with Gasteiger partial charge in [0.15, 0.2) is 5.78 Å². The number of hydrogen-bond donors (Lipinski definition) is 1. The van der Waals surface area contributed by atoms with Gasteiger partial charge < -0.3 is 10.5 Å². The van der Waals surface area contributed by atoms with Crippen molar-refractivity contribution in [3.63, 3.8) is 0 Å². The minimum Gasteiger partial charge on any atom is -0.497 e. The Kier molecular flexibility index (Phi) is 4.68. The Morgan fingerprint density at radius 2 is 2.05 bits per heavy atom. The van der Waals surface area contributed by atoms with Crippen LogP contribution in [0.3, 0.4) is 0 Å². The average Bonchev–Trinajstić information content (AvgIpc) is 2.44. The topological polar surface area (TPSA) is 52.3 Å². The van der Waals surface area contributed by atoms with Crippen LogP contribution in [0.15, 0.2) is 40.9 Å². The van der Waals surface area contributed by atoms with E-state index in [1.54, 1.807) is 25.3 Å². The number of rotatable bonds is 4. The first kappa shape index (κ1) is 14.9. The second-order valence-electron chi connectivity index (χ2n) is 4.29. The number of anilines is 1. The molecule has 0 fully saturated rings. The summed E-state index contributed by atoms with van der Waals surface area (Å²) in [6.45, 7) is 0. The fraction of sp³-hybridized carbons (Fsp3) is 0.133. The lowest BCUT2D eigenvalue weighted by molar-refractivity contribution is 0.0993. The molecule has 2 N–H and O–H groups in total. The van der Waals surface area contributed by atoms with Crippen molar-refractivity contribution in [3.05, 3.63) is 57.0 Å². The van der Waals surface area contributed by atoms with Crippen LogP contribution < -0.4 is 10.5 Å². The van der Waals surface area contributed by atoms with Crippen LogP contribution in [-0.2, 0) is 6.42 Å². The molecule has 5 heteroatoms. The molecule has 0 aromatic heterocycles. The second kappa shape index (κ2) is 6.29. The molecule has 0 aliphatic heterocycles. The van der Waals surface area contributed by atoms with Crippen LogP contribution in [0.5, 0.6) is 5.75 Å². The van der Waals surface area contributed by atoms with Crippen molar-refractivity contribution in [1.29, 1.82) is 0 Å². The summed E-state index contributed by atoms with van der Waals surface area (Å²) in [4.78, 5) is 12.3. The van der Waals surface area contributed by atoms with E-state index >= 15 is 0 Å². The summed E-state index contributed by atoms with van der Waals surface area (Å²) in [5.74, 6) is 0.687. The highest BCUT2D eigenvalue weighted by molar-refractivity contribution is 9.10. The third kappa shape index (κ3) is 3.32. The van der Waals surface area contributed by atoms with Crippen LogP contribution in [0.4, 0.5) is 5.69 Å². The number of halogens is 2. The van der Waals surface area contributed by atoms with Crippen molar-refractivity contribution in [1.82, 2.24) is 0 Å². The number of methoxy groups -OCH3 is 1. The van der Waals surface area contributed by atoms with Crippen LogP contribution in [0.1, 0.15) is 15.9 Å². The second-order valence-corrected chi connectivity index (χ2v) is 5.56. The summed E-state index contributed by atoms with van der Waals surface area (Å²) in [6.07, 6.45) is 0.262. The summed E-state index contributed by atoms with van der Waals surface area (Å²) in [6, 6.07) is 10.4. The van der Waals surface area contributed by atoms with Gasteiger partial charge in [-0.2, -0.15) is 0 Å². The summed E-state index contributed by atoms with van der Waals surface area (Å²) in [5, 5.41) is 0.389. The van der Waals surface area contributed by atoms with Gasteiger partial charge in [-0.05, 0) is 42.0 Å². The lowest BCUT2D eigenvalue weighted by Gasteiger charge is -2.08. The van der Waals surface area contributed by atoms with Crippen molar-refractivity contribution in [2.24, 2.45) is 0 Å². The molecule has 20 heavy (non-hydrogen) atoms. The highest BCUT2D eigenvalue weighted by atomic mass is 79.9. The number of ketones is 1. The molecular formula is C15H13BrClNO2. The van der Waals surface area contributed by atoms with Crippen molar-refractivity contribution < 1.29 is 9.53 Å². The van der Waals surface area contributed by atoms with Gasteiger partial charge in [-0.1, -0.05) is 27.5 Å². The van der Waals surface area contributed by atoms with Crippen molar-refractivity contribution in [2.75, 3.05) is 12.8 Å². The van der Waals surface area contributed by atoms with Gasteiger partial charge in [-0.25, -0.2) is 0 Å². The number of nitrogens with two attached hydrogens (primary N) is 1. The lowest BCUT2D eigenvalue weighted by atomic mass is 10.0. The molecule has 3 nitrogen and oxygen atoms in total. The lowest BCUT2D eigenvalue weighted by Crippen LogP contribution is -2.05. The van der Waals surface area contributed by atoms with Crippen LogP contribution >= 0.6 is 27.5 Å². The third-order valence-electron chi connectivity index (χ3n) is 2.93. The predicted molar refractivity (Wildman–Crippen MR) is 84.6 cm³/mol. The third-order valence-corrected chi connectivity index (χ3v) is 4.03. The standard InChI is InChI=1S/C15H13BrClNO2/c1-20-11-3-4-12(16)10(6-11)8-15(19)9-2-5-14(18)13(17)7-9/h2-7H,8,18H2,1H3. The molecule has 2 rings (SSSR count). The summed E-state index contributed by atoms with van der Waals surface area (Å²) >= 11 is 9.37. The maximum Gasteiger partial charge on any atom is 0.167 e. The van der Waals surface area contributed by atoms with E-state index in [0.717, 1.165) is 10.0 Å². The Labute approximate surface area is 130 Å². The summed E-state index contributed by atoms with van der Waals surface area (Å²) < 4.78 is 6.03. The van der Waals surface area contributed by atoms with Crippen molar-refractivity contribution in [3.8, 4) is 5.75 Å². The Hall–Kier alpha value is -1.52. The molecule has 0 spiro atoms. The zero-order chi connectivity index (χ0) is 14.7. The maximum atomic E-state index is 12.3. The molecule has 0 saturated carbocycles. The van der Waals surface area contributed by atoms with Crippen LogP contribution in [0.25, 0.3) is 0 Å². The number of nitrogen functional groups attached to an aromatic ring is 1. The van der Waals surface area contributed by atoms with Crippen LogP contribution in [0, 0.1) is 0 Å². The quantitative estimate of drug-likeness (QED) is 0.664. The number of Topliss-reactive ketones (excluding diaryl/α,β-unsaturated/α-hetero) is 1. The Balaban J connectivity index is 2.25. The first-order valence-corrected chi connectivity index (χ1v) is 7.09. The molecule has 0 unspecified atom stereocenters. The molecule has 0 aliphatic rings. The van der Waals surface area contributed by atoms with Gasteiger partial charge in [0, 0.05) is 16.5 Å². The largest absolute Gasteiger partial charge is 0.497 e. The fourth-order valence-electron chi connectivity index (χ4n) is 1.79. The van der Waals surface area contributed by atoms with Crippen LogP contribution in [0.2, 0.25) is 5.02 Å². The van der Waals surface area contributed by atoms with E-state index in [0.29, 0.717) is 22.0 Å². The van der Waals surface area contributed by atoms with Crippen molar-refractivity contribution >= 4 is 39.0 Å². The molecule has 0 bridgehead atoms. The minimum absolute atomic E-state index is 0.0270. The van der Waals surface area contributed by atoms with Gasteiger partial charge in [0.25, 0.3) is 0 Å². The number of carbonyl (C=O) groups excluding carboxylic acids is 1. The molecule has 0 aliphatic carbocycles. The van der Waals surface area contributed by atoms with Gasteiger partial charge in [0.2, 0.25) is 0 Å². The molecule has 0 saturated heterocycles. The molecule has 104 valence electrons. The van der Waals surface area contributed by atoms with E-state index in [9.17, 15) is 4.79 Å². The Morgan fingerprint density at radius 1 is 1.30 bits per heavy atom. The average molecular weight is 355 g/mol. The van der Waals surface area contributed by atoms with Crippen LogP contribution in [-0.4, -0.2) is 12.9 Å². The zero-order valence-electron chi connectivity index (χ0n) is 10.8. The first-order chi connectivity index (χ1) is 9.51. The SMILES string of the molecule is COc1ccc(Br)c(CC(=O)c2ccc(N)c(Cl)c2)c1. The molecule has 0 radical (unpaired) electrons. The van der Waals surface area contributed by atoms with Gasteiger partial charge in [0.05, 0.1) is 17.8 Å². The minimum atomic E-state index is -0.0270. The van der Waals surface area contributed by atoms with E-state index in [-0.39, 0.29) is 12.2 Å². The number of carbonyl (C=O) groups is 1. The van der Waals surface area contributed by atoms with Gasteiger partial charge in [-0.15, -0.1) is 0 Å². The zero-order valence-corrected chi connectivity index (χ0v) is 13.2. The monoisotopic (exact) mass is 353 g/mol. The van der Waals surface area contributed by atoms with Gasteiger partial charge >= 0.3 is 0 Å². The number of hydrogen-bond acceptors (Lipinski definition) is 3. The van der Waals surface area contributed by atoms with E-state index < -0.39 is 0 Å². The Morgan fingerprint density at radius 3 is 2.70 bits per heavy atom. The normalized spacial score (nSPS) is 10.3. The van der Waals surface area contributed by atoms with E-state index in [1.165, 1.54) is 0 Å². The van der Waals surface area contributed by atoms with Gasteiger partial charge in [0.1, 0.15) is 5.75 Å². The highest BCUT2D eigenvalue weighted by Gasteiger charge is 2.11. The maximum absolute atomic E-state index is 12.3. The molecule has 2 aromatic rings. The summed E-state index contributed by atoms with van der Waals surface area (Å²) in [7, 11) is 1.59. The molecular weight excluding hydrogens is 342 g/mol. The molecule has 0 atom stereocenters. The van der Waals surface area contributed by atoms with E-state index in [2.05, 4.69) is 15.9 Å². The number of benzene rings is 2. The first-order valence-electron chi connectivity index (χ1n) is 5.92. The molecule has 0 amide bonds. The van der Waals surface area contributed by atoms with Crippen molar-refractivity contribution in [2.45, 2.75) is 6.42 Å². The molecule has 0 heterocycles. The van der Waals surface area contributed by atoms with E-state index in [4.69, 9.17) is 22.1 Å². The van der Waals surface area contributed by atoms with Gasteiger partial charge in [-0.3, -0.25) is 4.79 Å². The number of ether oxygens (including phenoxy) is 1. The molecule has 2 aromatic carbocycles.